The maximum atomic E-state index is 13.9. The highest BCUT2D eigenvalue weighted by atomic mass is 32.2. The molecule has 0 saturated carbocycles. The van der Waals surface area contributed by atoms with E-state index in [0.717, 1.165) is 9.86 Å². The van der Waals surface area contributed by atoms with Gasteiger partial charge < -0.3 is 39.4 Å². The maximum Gasteiger partial charge on any atom is 0.410 e. The fraction of sp³-hybridized carbons (Fsp3) is 0.341. The van der Waals surface area contributed by atoms with Gasteiger partial charge in [-0.1, -0.05) is 30.0 Å². The van der Waals surface area contributed by atoms with Crippen molar-refractivity contribution in [2.45, 2.75) is 63.4 Å². The van der Waals surface area contributed by atoms with Crippen LogP contribution in [0.3, 0.4) is 0 Å². The molecule has 5 aromatic rings. The highest BCUT2D eigenvalue weighted by molar-refractivity contribution is 7.98. The number of nitrogens with zero attached hydrogens (tertiary/aromatic N) is 7. The maximum absolute atomic E-state index is 13.9. The Hall–Kier alpha value is -7.37. The van der Waals surface area contributed by atoms with Crippen molar-refractivity contribution in [2.75, 3.05) is 25.6 Å². The summed E-state index contributed by atoms with van der Waals surface area (Å²) in [6.45, 7) is 2.54. The van der Waals surface area contributed by atoms with Gasteiger partial charge in [-0.25, -0.2) is 22.6 Å². The topological polar surface area (TPSA) is 344 Å². The lowest BCUT2D eigenvalue weighted by atomic mass is 9.77. The smallest absolute Gasteiger partial charge is 0.410 e. The zero-order valence-corrected chi connectivity index (χ0v) is 41.1. The second kappa shape index (κ2) is 22.8. The third kappa shape index (κ3) is 12.7. The summed E-state index contributed by atoms with van der Waals surface area (Å²) in [7, 11) is -3.92. The lowest BCUT2D eigenvalue weighted by Gasteiger charge is -2.46. The van der Waals surface area contributed by atoms with Gasteiger partial charge in [-0.05, 0) is 66.3 Å². The number of carbonyl (C=O) groups is 4. The summed E-state index contributed by atoms with van der Waals surface area (Å²) in [5.41, 5.74) is 7.90. The Morgan fingerprint density at radius 3 is 1.81 bits per heavy atom. The summed E-state index contributed by atoms with van der Waals surface area (Å²) in [6, 6.07) is 14.5. The van der Waals surface area contributed by atoms with E-state index in [9.17, 15) is 54.6 Å². The molecule has 2 aliphatic rings. The number of aliphatic hydroxyl groups is 1. The monoisotopic (exact) mass is 1050 g/mol. The zero-order valence-electron chi connectivity index (χ0n) is 38.6. The van der Waals surface area contributed by atoms with E-state index >= 15 is 0 Å². The number of thioether (sulfide) groups is 1. The molecule has 7 rings (SSSR count). The number of β-lactam (4-membered cyclic amide) rings is 1. The average molecular weight is 1060 g/mol. The van der Waals surface area contributed by atoms with E-state index < -0.39 is 72.9 Å². The summed E-state index contributed by atoms with van der Waals surface area (Å²) < 4.78 is 47.6. The van der Waals surface area contributed by atoms with Crippen LogP contribution in [-0.2, 0) is 65.1 Å². The number of ether oxygens (including phenoxy) is 3. The number of nitrogens with two attached hydrogens (primary N) is 1. The van der Waals surface area contributed by atoms with E-state index in [1.807, 2.05) is 28.3 Å². The first-order valence-corrected chi connectivity index (χ1v) is 25.3. The minimum Gasteiger partial charge on any atom is -0.748 e. The Balaban J connectivity index is 0.00000161. The zero-order chi connectivity index (χ0) is 52.8. The minimum absolute atomic E-state index is 0.0161. The highest BCUT2D eigenvalue weighted by Crippen LogP contribution is 2.52. The number of nitro benzene ring substituents is 3. The molecule has 1 unspecified atom stereocenters. The van der Waals surface area contributed by atoms with Gasteiger partial charge in [-0.15, -0.1) is 0 Å². The molecule has 382 valence electrons. The first-order chi connectivity index (χ1) is 34.0. The molecule has 0 radical (unpaired) electrons. The van der Waals surface area contributed by atoms with Gasteiger partial charge in [0.05, 0.1) is 60.9 Å². The Morgan fingerprint density at radius 1 is 0.875 bits per heavy atom. The number of thiazole rings is 1. The number of imidazole rings is 1. The van der Waals surface area contributed by atoms with Crippen molar-refractivity contribution in [1.29, 1.82) is 0 Å². The number of aromatic nitrogens is 2. The molecule has 1 saturated heterocycles. The van der Waals surface area contributed by atoms with Gasteiger partial charge in [0.15, 0.2) is 0 Å². The highest BCUT2D eigenvalue weighted by Gasteiger charge is 2.60. The van der Waals surface area contributed by atoms with Crippen molar-refractivity contribution in [3.05, 3.63) is 143 Å². The standard InChI is InChI=1S/C43H43N8O14S2.CH4O3S/c1-24-34(37(48-36(24)35(25(2)52)38(48)53)42(55)64-21-27-6-12-30(13-7-27)50(59)60)33-19-47-23-46(39(66-3)40(47)67-33)17-16-45(43(56)65-22-28-8-14-31(15-9-28)51(61)62)18-32(44)41(54)63-20-26-4-10-29(11-5-26)49(57)58;1-5(2,3)4/h4-15,19,23-25,32,35-36,52H,16-18,20-22,44H2,1-3H3;1H3,(H,2,3,4)/q+1;/p-1/t24-,25+,32?,35+,36+;/m0./s1. The number of non-ortho nitro benzene ring substituents is 3. The lowest BCUT2D eigenvalue weighted by Crippen LogP contribution is -2.63. The minimum atomic E-state index is -3.92. The van der Waals surface area contributed by atoms with Crippen LogP contribution in [0.4, 0.5) is 21.9 Å². The normalized spacial score (nSPS) is 17.0. The van der Waals surface area contributed by atoms with E-state index in [0.29, 0.717) is 33.4 Å². The molecule has 28 heteroatoms. The van der Waals surface area contributed by atoms with E-state index in [4.69, 9.17) is 32.9 Å². The lowest BCUT2D eigenvalue weighted by molar-refractivity contribution is -0.729. The number of esters is 2. The third-order valence-electron chi connectivity index (χ3n) is 11.4. The van der Waals surface area contributed by atoms with Crippen LogP contribution in [0, 0.1) is 42.2 Å². The fourth-order valence-corrected chi connectivity index (χ4v) is 10.2. The van der Waals surface area contributed by atoms with Crippen molar-refractivity contribution in [2.24, 2.45) is 17.6 Å². The number of nitro groups is 3. The number of rotatable bonds is 19. The van der Waals surface area contributed by atoms with Crippen molar-refractivity contribution in [1.82, 2.24) is 14.2 Å². The second-order valence-corrected chi connectivity index (χ2v) is 19.6. The molecule has 2 amide bonds. The van der Waals surface area contributed by atoms with Crippen LogP contribution in [-0.4, -0.2) is 115 Å². The largest absolute Gasteiger partial charge is 0.748 e. The van der Waals surface area contributed by atoms with Crippen LogP contribution >= 0.6 is 23.1 Å². The molecular weight excluding hydrogens is 1010 g/mol. The first-order valence-electron chi connectivity index (χ1n) is 21.4. The van der Waals surface area contributed by atoms with Crippen molar-refractivity contribution >= 4 is 84.6 Å². The van der Waals surface area contributed by atoms with Gasteiger partial charge in [-0.3, -0.25) is 39.9 Å². The molecule has 0 spiro atoms. The Kier molecular flexibility index (Phi) is 17.1. The van der Waals surface area contributed by atoms with Gasteiger partial charge >= 0.3 is 18.0 Å². The van der Waals surface area contributed by atoms with Crippen molar-refractivity contribution in [3.8, 4) is 0 Å². The number of fused-ring (bicyclic) bond motifs is 2. The van der Waals surface area contributed by atoms with Gasteiger partial charge in [0.25, 0.3) is 23.4 Å². The summed E-state index contributed by atoms with van der Waals surface area (Å²) in [5, 5.41) is 44.6. The first kappa shape index (κ1) is 54.0. The summed E-state index contributed by atoms with van der Waals surface area (Å²) in [5.74, 6) is -3.16. The number of hydrogen-bond donors (Lipinski definition) is 2. The molecular formula is C44H46N8O17S3. The van der Waals surface area contributed by atoms with E-state index in [-0.39, 0.29) is 68.1 Å². The van der Waals surface area contributed by atoms with Crippen LogP contribution in [0.1, 0.15) is 35.4 Å². The Morgan fingerprint density at radius 2 is 1.35 bits per heavy atom. The third-order valence-corrected chi connectivity index (χ3v) is 13.5. The average Bonchev–Trinajstić information content (AvgIpc) is 3.96. The molecule has 3 N–H and O–H groups in total. The number of benzene rings is 3. The molecule has 2 aliphatic heterocycles. The molecule has 2 aromatic heterocycles. The number of aliphatic hydroxyl groups excluding tert-OH is 1. The molecule has 5 atom stereocenters. The van der Waals surface area contributed by atoms with Crippen LogP contribution in [0.2, 0.25) is 0 Å². The summed E-state index contributed by atoms with van der Waals surface area (Å²) in [6.07, 6.45) is 4.24. The van der Waals surface area contributed by atoms with E-state index in [1.165, 1.54) is 113 Å². The molecule has 4 heterocycles. The fourth-order valence-electron chi connectivity index (χ4n) is 7.96. The number of amides is 2. The molecule has 0 aliphatic carbocycles. The Bertz CT molecular complexity index is 3030. The van der Waals surface area contributed by atoms with Gasteiger partial charge in [-0.2, -0.15) is 4.40 Å². The van der Waals surface area contributed by atoms with Crippen LogP contribution < -0.4 is 10.3 Å². The second-order valence-electron chi connectivity index (χ2n) is 16.4. The van der Waals surface area contributed by atoms with Gasteiger partial charge in [0.1, 0.15) is 44.3 Å². The van der Waals surface area contributed by atoms with Crippen LogP contribution in [0.5, 0.6) is 0 Å². The summed E-state index contributed by atoms with van der Waals surface area (Å²) >= 11 is 2.76. The van der Waals surface area contributed by atoms with Crippen molar-refractivity contribution < 1.29 is 70.8 Å². The quantitative estimate of drug-likeness (QED) is 0.0173. The SMILES string of the molecule is CS(=O)(=O)[O-].CSc1c2sc(C3=C(C(=O)OCc4ccc([N+](=O)[O-])cc4)N4C(=O)[C@H]([C@@H](C)O)[C@H]4[C@H]3C)cn2c[n+]1CCN(CC(N)C(=O)OCc1ccc([N+](=O)[O-])cc1)C(=O)OCc1ccc([N+](=O)[O-])cc1. The van der Waals surface area contributed by atoms with Gasteiger partial charge in [0.2, 0.25) is 15.8 Å². The van der Waals surface area contributed by atoms with E-state index in [1.54, 1.807) is 6.33 Å². The summed E-state index contributed by atoms with van der Waals surface area (Å²) in [4.78, 5) is 89.7. The number of carbonyl (C=O) groups excluding carboxylic acids is 4. The van der Waals surface area contributed by atoms with E-state index in [2.05, 4.69) is 0 Å². The van der Waals surface area contributed by atoms with Crippen LogP contribution in [0.25, 0.3) is 10.4 Å². The molecule has 1 fully saturated rings. The van der Waals surface area contributed by atoms with Gasteiger partial charge in [0, 0.05) is 54.1 Å². The molecule has 25 nitrogen and oxygen atoms in total. The van der Waals surface area contributed by atoms with Crippen molar-refractivity contribution in [3.63, 3.8) is 0 Å². The predicted octanol–water partition coefficient (Wildman–Crippen LogP) is 3.92. The Labute approximate surface area is 417 Å². The number of hydrogen-bond acceptors (Lipinski definition) is 20. The molecule has 3 aromatic carbocycles. The van der Waals surface area contributed by atoms with Crippen LogP contribution in [0.15, 0.2) is 96.0 Å². The predicted molar refractivity (Wildman–Crippen MR) is 253 cm³/mol. The molecule has 0 bridgehead atoms. The molecule has 72 heavy (non-hydrogen) atoms.